The van der Waals surface area contributed by atoms with Gasteiger partial charge in [-0.05, 0) is 43.2 Å². The third-order valence-electron chi connectivity index (χ3n) is 3.67. The number of ether oxygens (including phenoxy) is 1. The summed E-state index contributed by atoms with van der Waals surface area (Å²) in [7, 11) is 1.82. The summed E-state index contributed by atoms with van der Waals surface area (Å²) in [5, 5.41) is 0. The van der Waals surface area contributed by atoms with Crippen molar-refractivity contribution in [1.82, 2.24) is 0 Å². The van der Waals surface area contributed by atoms with Crippen molar-refractivity contribution in [2.75, 3.05) is 12.4 Å². The molecule has 20 heavy (non-hydrogen) atoms. The second-order valence-electron chi connectivity index (χ2n) is 5.25. The van der Waals surface area contributed by atoms with Gasteiger partial charge in [0, 0.05) is 17.3 Å². The van der Waals surface area contributed by atoms with Gasteiger partial charge in [0.2, 0.25) is 9.05 Å². The van der Waals surface area contributed by atoms with Crippen LogP contribution in [0.1, 0.15) is 49.3 Å². The van der Waals surface area contributed by atoms with E-state index in [-0.39, 0.29) is 11.9 Å². The topological polar surface area (TPSA) is 43.4 Å². The molecule has 0 saturated heterocycles. The molecule has 2 rings (SSSR count). The lowest BCUT2D eigenvalue weighted by Gasteiger charge is -2.25. The molecule has 0 bridgehead atoms. The van der Waals surface area contributed by atoms with Crippen molar-refractivity contribution in [3.05, 3.63) is 35.4 Å². The highest BCUT2D eigenvalue weighted by atomic mass is 35.7. The predicted molar refractivity (Wildman–Crippen MR) is 81.6 cm³/mol. The van der Waals surface area contributed by atoms with Crippen LogP contribution in [0.25, 0.3) is 0 Å². The van der Waals surface area contributed by atoms with Gasteiger partial charge in [-0.15, -0.1) is 0 Å². The molecule has 0 heterocycles. The molecule has 5 heteroatoms. The van der Waals surface area contributed by atoms with Crippen molar-refractivity contribution in [1.29, 1.82) is 0 Å². The Morgan fingerprint density at radius 3 is 2.80 bits per heavy atom. The number of benzene rings is 1. The summed E-state index contributed by atoms with van der Waals surface area (Å²) in [5.41, 5.74) is 2.72. The molecule has 0 fully saturated rings. The van der Waals surface area contributed by atoms with Gasteiger partial charge in [0.25, 0.3) is 0 Å². The van der Waals surface area contributed by atoms with Crippen molar-refractivity contribution in [3.63, 3.8) is 0 Å². The van der Waals surface area contributed by atoms with E-state index in [0.717, 1.165) is 25.7 Å². The summed E-state index contributed by atoms with van der Waals surface area (Å²) in [6.07, 6.45) is 5.92. The molecule has 1 unspecified atom stereocenters. The number of unbranched alkanes of at least 4 members (excludes halogenated alkanes) is 2. The molecule has 0 N–H and O–H groups in total. The minimum Gasteiger partial charge on any atom is -0.374 e. The van der Waals surface area contributed by atoms with Crippen LogP contribution in [0.5, 0.6) is 0 Å². The van der Waals surface area contributed by atoms with Crippen LogP contribution >= 0.6 is 10.7 Å². The fraction of sp³-hybridized carbons (Fsp3) is 0.600. The van der Waals surface area contributed by atoms with E-state index in [1.807, 2.05) is 0 Å². The Hall–Kier alpha value is -0.580. The largest absolute Gasteiger partial charge is 0.374 e. The second-order valence-corrected chi connectivity index (χ2v) is 8.15. The average molecular weight is 317 g/mol. The highest BCUT2D eigenvalue weighted by Crippen LogP contribution is 2.32. The lowest BCUT2D eigenvalue weighted by atomic mass is 9.89. The Balaban J connectivity index is 1.70. The smallest absolute Gasteiger partial charge is 0.232 e. The summed E-state index contributed by atoms with van der Waals surface area (Å²) in [5.74, 6) is 0.0564. The lowest BCUT2D eigenvalue weighted by molar-refractivity contribution is 0.0384. The van der Waals surface area contributed by atoms with Crippen molar-refractivity contribution >= 4 is 19.7 Å². The molecule has 0 radical (unpaired) electrons. The Kier molecular flexibility index (Phi) is 5.87. The van der Waals surface area contributed by atoms with Crippen LogP contribution in [0.15, 0.2) is 24.3 Å². The highest BCUT2D eigenvalue weighted by Gasteiger charge is 2.19. The molecule has 1 aromatic carbocycles. The van der Waals surface area contributed by atoms with Crippen LogP contribution in [-0.4, -0.2) is 20.8 Å². The normalized spacial score (nSPS) is 18.8. The predicted octanol–water partition coefficient (Wildman–Crippen LogP) is 3.82. The average Bonchev–Trinajstić information content (AvgIpc) is 2.41. The monoisotopic (exact) mass is 316 g/mol. The van der Waals surface area contributed by atoms with Crippen molar-refractivity contribution in [3.8, 4) is 0 Å². The van der Waals surface area contributed by atoms with Crippen molar-refractivity contribution < 1.29 is 13.2 Å². The van der Waals surface area contributed by atoms with Crippen LogP contribution < -0.4 is 0 Å². The third-order valence-corrected chi connectivity index (χ3v) is 4.91. The van der Waals surface area contributed by atoms with Gasteiger partial charge in [-0.3, -0.25) is 0 Å². The van der Waals surface area contributed by atoms with Crippen LogP contribution in [0.2, 0.25) is 0 Å². The number of fused-ring (bicyclic) bond motifs is 1. The van der Waals surface area contributed by atoms with Crippen molar-refractivity contribution in [2.24, 2.45) is 0 Å². The Bertz CT molecular complexity index is 528. The molecular weight excluding hydrogens is 296 g/mol. The first kappa shape index (κ1) is 15.8. The maximum absolute atomic E-state index is 10.8. The number of hydrogen-bond acceptors (Lipinski definition) is 3. The van der Waals surface area contributed by atoms with E-state index < -0.39 is 9.05 Å². The third kappa shape index (κ3) is 5.08. The number of halogens is 1. The number of rotatable bonds is 7. The molecule has 1 aliphatic rings. The van der Waals surface area contributed by atoms with Gasteiger partial charge in [-0.1, -0.05) is 30.7 Å². The van der Waals surface area contributed by atoms with E-state index in [2.05, 4.69) is 24.3 Å². The first-order chi connectivity index (χ1) is 9.56. The van der Waals surface area contributed by atoms with Crippen LogP contribution in [0.3, 0.4) is 0 Å². The van der Waals surface area contributed by atoms with Gasteiger partial charge in [-0.2, -0.15) is 0 Å². The zero-order valence-corrected chi connectivity index (χ0v) is 13.1. The fourth-order valence-electron chi connectivity index (χ4n) is 2.66. The molecule has 1 aliphatic carbocycles. The van der Waals surface area contributed by atoms with E-state index >= 15 is 0 Å². The maximum atomic E-state index is 10.8. The van der Waals surface area contributed by atoms with E-state index in [1.165, 1.54) is 17.5 Å². The Labute approximate surface area is 125 Å². The summed E-state index contributed by atoms with van der Waals surface area (Å²) in [6, 6.07) is 8.47. The van der Waals surface area contributed by atoms with Crippen molar-refractivity contribution in [2.45, 2.75) is 44.6 Å². The molecule has 0 spiro atoms. The van der Waals surface area contributed by atoms with Gasteiger partial charge in [0.15, 0.2) is 0 Å². The maximum Gasteiger partial charge on any atom is 0.232 e. The van der Waals surface area contributed by atoms with Gasteiger partial charge >= 0.3 is 0 Å². The molecule has 0 aliphatic heterocycles. The lowest BCUT2D eigenvalue weighted by Crippen LogP contribution is -2.13. The minimum atomic E-state index is -3.34. The van der Waals surface area contributed by atoms with Gasteiger partial charge in [0.05, 0.1) is 11.9 Å². The molecular formula is C15H21ClO3S. The fourth-order valence-corrected chi connectivity index (χ4v) is 3.54. The van der Waals surface area contributed by atoms with Gasteiger partial charge in [-0.25, -0.2) is 8.42 Å². The zero-order valence-electron chi connectivity index (χ0n) is 11.6. The number of aryl methyl sites for hydroxylation is 1. The van der Waals surface area contributed by atoms with E-state index in [4.69, 9.17) is 15.4 Å². The standard InChI is InChI=1S/C15H21ClO3S/c16-20(17,18)12-5-1-4-11-19-15-10-6-8-13-7-2-3-9-14(13)15/h2-3,7,9,15H,1,4-6,8,10-12H2. The molecule has 1 aromatic rings. The molecule has 3 nitrogen and oxygen atoms in total. The molecule has 0 aromatic heterocycles. The van der Waals surface area contributed by atoms with E-state index in [0.29, 0.717) is 13.0 Å². The molecule has 0 saturated carbocycles. The summed E-state index contributed by atoms with van der Waals surface area (Å²) in [6.45, 7) is 0.682. The SMILES string of the molecule is O=S(=O)(Cl)CCCCCOC1CCCc2ccccc21. The molecule has 112 valence electrons. The first-order valence-corrected chi connectivity index (χ1v) is 9.66. The van der Waals surface area contributed by atoms with Gasteiger partial charge < -0.3 is 4.74 Å². The highest BCUT2D eigenvalue weighted by molar-refractivity contribution is 8.13. The summed E-state index contributed by atoms with van der Waals surface area (Å²) >= 11 is 0. The quantitative estimate of drug-likeness (QED) is 0.567. The van der Waals surface area contributed by atoms with Crippen LogP contribution in [-0.2, 0) is 20.2 Å². The zero-order chi connectivity index (χ0) is 14.4. The molecule has 0 amide bonds. The molecule has 1 atom stereocenters. The van der Waals surface area contributed by atoms with E-state index in [1.54, 1.807) is 0 Å². The van der Waals surface area contributed by atoms with E-state index in [9.17, 15) is 8.42 Å². The Morgan fingerprint density at radius 1 is 1.20 bits per heavy atom. The second kappa shape index (κ2) is 7.43. The van der Waals surface area contributed by atoms with Crippen LogP contribution in [0.4, 0.5) is 0 Å². The minimum absolute atomic E-state index is 0.0564. The Morgan fingerprint density at radius 2 is 2.00 bits per heavy atom. The first-order valence-electron chi connectivity index (χ1n) is 7.18. The summed E-state index contributed by atoms with van der Waals surface area (Å²) in [4.78, 5) is 0. The summed E-state index contributed by atoms with van der Waals surface area (Å²) < 4.78 is 27.5. The van der Waals surface area contributed by atoms with Crippen LogP contribution in [0, 0.1) is 0 Å². The number of hydrogen-bond donors (Lipinski definition) is 0. The van der Waals surface area contributed by atoms with Gasteiger partial charge in [0.1, 0.15) is 0 Å².